The molecule has 1 aromatic carbocycles. The fourth-order valence-electron chi connectivity index (χ4n) is 3.76. The fourth-order valence-corrected chi connectivity index (χ4v) is 3.76. The molecule has 3 heterocycles. The van der Waals surface area contributed by atoms with Gasteiger partial charge in [-0.2, -0.15) is 0 Å². The summed E-state index contributed by atoms with van der Waals surface area (Å²) in [7, 11) is 1.88. The molecular formula is C21H25N5O3. The van der Waals surface area contributed by atoms with Gasteiger partial charge in [-0.3, -0.25) is 4.79 Å². The average molecular weight is 395 g/mol. The standard InChI is InChI=1S/C21H25N5O3/c1-25-14-11-22-20(25)19(28)15-9-12-26(13-10-15)18(27)8-7-17-23-24-21(29-17)16-5-3-2-4-6-16/h2-6,11,14-15,19,28H,7-10,12-13H2,1H3. The van der Waals surface area contributed by atoms with Gasteiger partial charge in [0.1, 0.15) is 11.9 Å². The van der Waals surface area contributed by atoms with Crippen molar-refractivity contribution >= 4 is 5.91 Å². The topological polar surface area (TPSA) is 97.3 Å². The summed E-state index contributed by atoms with van der Waals surface area (Å²) in [6.45, 7) is 1.29. The molecule has 0 bridgehead atoms. The Morgan fingerprint density at radius 1 is 1.24 bits per heavy atom. The van der Waals surface area contributed by atoms with Crippen LogP contribution in [0.1, 0.15) is 37.1 Å². The summed E-state index contributed by atoms with van der Waals surface area (Å²) in [5, 5.41) is 18.7. The van der Waals surface area contributed by atoms with Crippen LogP contribution in [-0.4, -0.2) is 48.8 Å². The Kier molecular flexibility index (Phi) is 5.71. The lowest BCUT2D eigenvalue weighted by atomic mass is 9.90. The number of aliphatic hydroxyl groups excluding tert-OH is 1. The summed E-state index contributed by atoms with van der Waals surface area (Å²) >= 11 is 0. The predicted molar refractivity (Wildman–Crippen MR) is 106 cm³/mol. The van der Waals surface area contributed by atoms with Crippen LogP contribution in [-0.2, 0) is 18.3 Å². The molecule has 1 aliphatic rings. The van der Waals surface area contributed by atoms with Crippen LogP contribution in [0.25, 0.3) is 11.5 Å². The van der Waals surface area contributed by atoms with Gasteiger partial charge in [-0.25, -0.2) is 4.98 Å². The highest BCUT2D eigenvalue weighted by Gasteiger charge is 2.30. The van der Waals surface area contributed by atoms with Crippen molar-refractivity contribution in [2.45, 2.75) is 31.8 Å². The molecule has 1 atom stereocenters. The number of aliphatic hydroxyl groups is 1. The Labute approximate surface area is 169 Å². The predicted octanol–water partition coefficient (Wildman–Crippen LogP) is 2.37. The number of hydrogen-bond donors (Lipinski definition) is 1. The number of carbonyl (C=O) groups excluding carboxylic acids is 1. The van der Waals surface area contributed by atoms with E-state index in [0.29, 0.717) is 43.5 Å². The number of rotatable bonds is 6. The molecule has 3 aromatic rings. The molecule has 2 aromatic heterocycles. The summed E-state index contributed by atoms with van der Waals surface area (Å²) in [5.74, 6) is 1.81. The zero-order valence-electron chi connectivity index (χ0n) is 16.4. The molecule has 1 fully saturated rings. The highest BCUT2D eigenvalue weighted by atomic mass is 16.4. The van der Waals surface area contributed by atoms with Crippen molar-refractivity contribution in [1.29, 1.82) is 0 Å². The van der Waals surface area contributed by atoms with Crippen molar-refractivity contribution in [1.82, 2.24) is 24.6 Å². The number of nitrogens with zero attached hydrogens (tertiary/aromatic N) is 5. The van der Waals surface area contributed by atoms with Gasteiger partial charge in [0.05, 0.1) is 0 Å². The average Bonchev–Trinajstić information content (AvgIpc) is 3.41. The van der Waals surface area contributed by atoms with Gasteiger partial charge >= 0.3 is 0 Å². The van der Waals surface area contributed by atoms with Gasteiger partial charge in [-0.15, -0.1) is 10.2 Å². The summed E-state index contributed by atoms with van der Waals surface area (Å²) in [5.41, 5.74) is 0.867. The largest absolute Gasteiger partial charge is 0.421 e. The van der Waals surface area contributed by atoms with E-state index in [4.69, 9.17) is 4.42 Å². The van der Waals surface area contributed by atoms with Gasteiger partial charge in [0.2, 0.25) is 17.7 Å². The van der Waals surface area contributed by atoms with Gasteiger partial charge in [-0.05, 0) is 30.9 Å². The number of hydrogen-bond acceptors (Lipinski definition) is 6. The Morgan fingerprint density at radius 2 is 2.00 bits per heavy atom. The smallest absolute Gasteiger partial charge is 0.247 e. The minimum Gasteiger partial charge on any atom is -0.421 e. The zero-order valence-corrected chi connectivity index (χ0v) is 16.4. The van der Waals surface area contributed by atoms with Crippen LogP contribution >= 0.6 is 0 Å². The molecule has 29 heavy (non-hydrogen) atoms. The Balaban J connectivity index is 1.26. The lowest BCUT2D eigenvalue weighted by Crippen LogP contribution is -2.40. The Hall–Kier alpha value is -3.00. The van der Waals surface area contributed by atoms with Crippen LogP contribution < -0.4 is 0 Å². The monoisotopic (exact) mass is 395 g/mol. The van der Waals surface area contributed by atoms with E-state index in [1.807, 2.05) is 53.0 Å². The minimum atomic E-state index is -0.595. The molecule has 1 unspecified atom stereocenters. The SMILES string of the molecule is Cn1ccnc1C(O)C1CCN(C(=O)CCc2nnc(-c3ccccc3)o2)CC1. The van der Waals surface area contributed by atoms with Crippen LogP contribution in [0.4, 0.5) is 0 Å². The molecule has 4 rings (SSSR count). The van der Waals surface area contributed by atoms with Crippen LogP contribution in [0.15, 0.2) is 47.1 Å². The number of imidazole rings is 1. The fraction of sp³-hybridized carbons (Fsp3) is 0.429. The van der Waals surface area contributed by atoms with E-state index < -0.39 is 6.10 Å². The van der Waals surface area contributed by atoms with Crippen molar-refractivity contribution in [2.24, 2.45) is 13.0 Å². The minimum absolute atomic E-state index is 0.0781. The van der Waals surface area contributed by atoms with Gasteiger partial charge in [-0.1, -0.05) is 18.2 Å². The number of aromatic nitrogens is 4. The summed E-state index contributed by atoms with van der Waals surface area (Å²) in [6, 6.07) is 9.57. The molecular weight excluding hydrogens is 370 g/mol. The van der Waals surface area contributed by atoms with E-state index in [1.54, 1.807) is 6.20 Å². The molecule has 0 spiro atoms. The van der Waals surface area contributed by atoms with Crippen LogP contribution in [0.3, 0.4) is 0 Å². The first-order chi connectivity index (χ1) is 14.1. The van der Waals surface area contributed by atoms with Gasteiger partial charge in [0.15, 0.2) is 0 Å². The normalized spacial score (nSPS) is 16.1. The molecule has 0 aliphatic carbocycles. The number of benzene rings is 1. The van der Waals surface area contributed by atoms with E-state index in [0.717, 1.165) is 18.4 Å². The molecule has 8 heteroatoms. The highest BCUT2D eigenvalue weighted by molar-refractivity contribution is 5.76. The third-order valence-corrected chi connectivity index (χ3v) is 5.50. The van der Waals surface area contributed by atoms with Crippen molar-refractivity contribution in [3.05, 3.63) is 54.4 Å². The second-order valence-corrected chi connectivity index (χ2v) is 7.43. The first kappa shape index (κ1) is 19.3. The summed E-state index contributed by atoms with van der Waals surface area (Å²) in [4.78, 5) is 18.7. The Bertz CT molecular complexity index is 944. The molecule has 1 N–H and O–H groups in total. The lowest BCUT2D eigenvalue weighted by Gasteiger charge is -2.34. The van der Waals surface area contributed by atoms with E-state index >= 15 is 0 Å². The summed E-state index contributed by atoms with van der Waals surface area (Å²) < 4.78 is 7.52. The lowest BCUT2D eigenvalue weighted by molar-refractivity contribution is -0.133. The quantitative estimate of drug-likeness (QED) is 0.688. The zero-order chi connectivity index (χ0) is 20.2. The first-order valence-corrected chi connectivity index (χ1v) is 9.92. The maximum absolute atomic E-state index is 12.6. The third kappa shape index (κ3) is 4.37. The number of piperidine rings is 1. The molecule has 1 amide bonds. The van der Waals surface area contributed by atoms with E-state index in [1.165, 1.54) is 0 Å². The van der Waals surface area contributed by atoms with Crippen molar-refractivity contribution in [3.63, 3.8) is 0 Å². The second kappa shape index (κ2) is 8.57. The van der Waals surface area contributed by atoms with Crippen molar-refractivity contribution < 1.29 is 14.3 Å². The number of likely N-dealkylation sites (tertiary alicyclic amines) is 1. The maximum Gasteiger partial charge on any atom is 0.247 e. The van der Waals surface area contributed by atoms with E-state index in [9.17, 15) is 9.90 Å². The highest BCUT2D eigenvalue weighted by Crippen LogP contribution is 2.30. The van der Waals surface area contributed by atoms with Gasteiger partial charge in [0.25, 0.3) is 0 Å². The molecule has 0 saturated carbocycles. The number of carbonyl (C=O) groups is 1. The van der Waals surface area contributed by atoms with Crippen LogP contribution in [0.2, 0.25) is 0 Å². The molecule has 0 radical (unpaired) electrons. The van der Waals surface area contributed by atoms with Crippen molar-refractivity contribution in [2.75, 3.05) is 13.1 Å². The van der Waals surface area contributed by atoms with Crippen molar-refractivity contribution in [3.8, 4) is 11.5 Å². The second-order valence-electron chi connectivity index (χ2n) is 7.43. The first-order valence-electron chi connectivity index (χ1n) is 9.92. The van der Waals surface area contributed by atoms with E-state index in [2.05, 4.69) is 15.2 Å². The Morgan fingerprint density at radius 3 is 2.69 bits per heavy atom. The molecule has 1 aliphatic heterocycles. The molecule has 8 nitrogen and oxygen atoms in total. The van der Waals surface area contributed by atoms with Crippen LogP contribution in [0.5, 0.6) is 0 Å². The number of aryl methyl sites for hydroxylation is 2. The molecule has 152 valence electrons. The summed E-state index contributed by atoms with van der Waals surface area (Å²) in [6.07, 6.45) is 5.21. The third-order valence-electron chi connectivity index (χ3n) is 5.50. The van der Waals surface area contributed by atoms with Gasteiger partial charge < -0.3 is 19.0 Å². The van der Waals surface area contributed by atoms with E-state index in [-0.39, 0.29) is 11.8 Å². The number of amides is 1. The molecule has 1 saturated heterocycles. The van der Waals surface area contributed by atoms with Gasteiger partial charge in [0, 0.05) is 50.9 Å². The van der Waals surface area contributed by atoms with Crippen LogP contribution in [0, 0.1) is 5.92 Å². The maximum atomic E-state index is 12.6.